The minimum Gasteiger partial charge on any atom is -0.370 e. The maximum Gasteiger partial charge on any atom is 0.173 e. The number of hydrogen-bond donors (Lipinski definition) is 1. The fraction of sp³-hybridized carbons (Fsp3) is 0.154. The molecule has 0 aliphatic heterocycles. The van der Waals surface area contributed by atoms with Crippen LogP contribution in [0.5, 0.6) is 0 Å². The Morgan fingerprint density at radius 2 is 2.10 bits per heavy atom. The third-order valence-corrected chi connectivity index (χ3v) is 3.99. The fourth-order valence-corrected chi connectivity index (χ4v) is 2.99. The van der Waals surface area contributed by atoms with E-state index in [4.69, 9.17) is 23.2 Å². The second-order valence-electron chi connectivity index (χ2n) is 4.08. The highest BCUT2D eigenvalue weighted by Crippen LogP contribution is 2.33. The average Bonchev–Trinajstić information content (AvgIpc) is 2.93. The summed E-state index contributed by atoms with van der Waals surface area (Å²) in [5, 5.41) is 5.12. The molecule has 0 aliphatic carbocycles. The summed E-state index contributed by atoms with van der Waals surface area (Å²) in [5.41, 5.74) is 2.43. The van der Waals surface area contributed by atoms with Gasteiger partial charge in [-0.2, -0.15) is 0 Å². The summed E-state index contributed by atoms with van der Waals surface area (Å²) in [5.74, 6) is 1.34. The highest BCUT2D eigenvalue weighted by Gasteiger charge is 2.13. The summed E-state index contributed by atoms with van der Waals surface area (Å²) in [6.07, 6.45) is 1.74. The van der Waals surface area contributed by atoms with Gasteiger partial charge in [0.05, 0.1) is 20.9 Å². The van der Waals surface area contributed by atoms with E-state index in [1.54, 1.807) is 17.8 Å². The van der Waals surface area contributed by atoms with E-state index in [0.717, 1.165) is 22.6 Å². The summed E-state index contributed by atoms with van der Waals surface area (Å²) in [6.45, 7) is 2.75. The fourth-order valence-electron chi connectivity index (χ4n) is 1.90. The van der Waals surface area contributed by atoms with E-state index in [-0.39, 0.29) is 0 Å². The maximum atomic E-state index is 6.25. The Balaban J connectivity index is 2.30. The molecule has 7 heteroatoms. The molecule has 3 rings (SSSR count). The Hall–Kier alpha value is -1.43. The van der Waals surface area contributed by atoms with Crippen molar-refractivity contribution in [3.8, 4) is 10.7 Å². The van der Waals surface area contributed by atoms with Crippen LogP contribution in [0.25, 0.3) is 21.6 Å². The van der Waals surface area contributed by atoms with Crippen LogP contribution in [0.3, 0.4) is 0 Å². The van der Waals surface area contributed by atoms with Gasteiger partial charge < -0.3 is 5.32 Å². The number of halogens is 2. The Kier molecular flexibility index (Phi) is 3.74. The minimum absolute atomic E-state index is 0.514. The van der Waals surface area contributed by atoms with Gasteiger partial charge in [-0.1, -0.05) is 23.2 Å². The van der Waals surface area contributed by atoms with Gasteiger partial charge in [0.15, 0.2) is 5.82 Å². The summed E-state index contributed by atoms with van der Waals surface area (Å²) < 4.78 is 0. The summed E-state index contributed by atoms with van der Waals surface area (Å²) in [6, 6.07) is 3.50. The molecule has 0 radical (unpaired) electrons. The van der Waals surface area contributed by atoms with E-state index in [0.29, 0.717) is 21.4 Å². The standard InChI is InChI=1S/C13H10Cl2N4S/c1-2-17-12-8-3-7(14)4-9(15)11(8)18-13(19-12)10-5-16-6-20-10/h3-6H,2H2,1H3,(H,17,18,19). The van der Waals surface area contributed by atoms with Crippen molar-refractivity contribution in [3.63, 3.8) is 0 Å². The monoisotopic (exact) mass is 324 g/mol. The van der Waals surface area contributed by atoms with Crippen molar-refractivity contribution in [3.05, 3.63) is 33.9 Å². The van der Waals surface area contributed by atoms with Crippen LogP contribution in [-0.2, 0) is 0 Å². The van der Waals surface area contributed by atoms with Crippen molar-refractivity contribution in [1.29, 1.82) is 0 Å². The molecule has 0 aliphatic rings. The van der Waals surface area contributed by atoms with Crippen molar-refractivity contribution >= 4 is 51.3 Å². The zero-order valence-corrected chi connectivity index (χ0v) is 12.9. The number of nitrogens with zero attached hydrogens (tertiary/aromatic N) is 3. The third kappa shape index (κ3) is 2.44. The van der Waals surface area contributed by atoms with Crippen LogP contribution in [-0.4, -0.2) is 21.5 Å². The molecular weight excluding hydrogens is 315 g/mol. The summed E-state index contributed by atoms with van der Waals surface area (Å²) in [7, 11) is 0. The average molecular weight is 325 g/mol. The molecule has 0 saturated carbocycles. The van der Waals surface area contributed by atoms with Crippen LogP contribution in [0.2, 0.25) is 10.0 Å². The second kappa shape index (κ2) is 5.52. The van der Waals surface area contributed by atoms with E-state index in [9.17, 15) is 0 Å². The topological polar surface area (TPSA) is 50.7 Å². The van der Waals surface area contributed by atoms with E-state index in [1.807, 2.05) is 13.0 Å². The van der Waals surface area contributed by atoms with E-state index >= 15 is 0 Å². The molecule has 0 fully saturated rings. The van der Waals surface area contributed by atoms with E-state index < -0.39 is 0 Å². The molecule has 2 heterocycles. The normalized spacial score (nSPS) is 10.9. The lowest BCUT2D eigenvalue weighted by atomic mass is 10.2. The van der Waals surface area contributed by atoms with Gasteiger partial charge in [0.2, 0.25) is 0 Å². The Morgan fingerprint density at radius 3 is 2.80 bits per heavy atom. The van der Waals surface area contributed by atoms with Crippen LogP contribution in [0.15, 0.2) is 23.8 Å². The number of aromatic nitrogens is 3. The number of hydrogen-bond acceptors (Lipinski definition) is 5. The molecule has 3 aromatic rings. The van der Waals surface area contributed by atoms with Crippen molar-refractivity contribution in [2.75, 3.05) is 11.9 Å². The lowest BCUT2D eigenvalue weighted by molar-refractivity contribution is 1.15. The van der Waals surface area contributed by atoms with Gasteiger partial charge in [0.25, 0.3) is 0 Å². The van der Waals surface area contributed by atoms with Crippen LogP contribution in [0.4, 0.5) is 5.82 Å². The van der Waals surface area contributed by atoms with E-state index in [1.165, 1.54) is 11.3 Å². The SMILES string of the molecule is CCNc1nc(-c2cncs2)nc2c(Cl)cc(Cl)cc12. The van der Waals surface area contributed by atoms with Crippen LogP contribution in [0.1, 0.15) is 6.92 Å². The number of rotatable bonds is 3. The first-order valence-corrected chi connectivity index (χ1v) is 7.62. The van der Waals surface area contributed by atoms with Gasteiger partial charge in [0.1, 0.15) is 5.82 Å². The van der Waals surface area contributed by atoms with Crippen LogP contribution in [0, 0.1) is 0 Å². The lowest BCUT2D eigenvalue weighted by Gasteiger charge is -2.10. The maximum absolute atomic E-state index is 6.25. The number of benzene rings is 1. The minimum atomic E-state index is 0.514. The molecule has 0 bridgehead atoms. The highest BCUT2D eigenvalue weighted by molar-refractivity contribution is 7.13. The molecule has 20 heavy (non-hydrogen) atoms. The Morgan fingerprint density at radius 1 is 1.25 bits per heavy atom. The molecule has 1 aromatic carbocycles. The quantitative estimate of drug-likeness (QED) is 0.771. The molecule has 0 spiro atoms. The summed E-state index contributed by atoms with van der Waals surface area (Å²) in [4.78, 5) is 14.0. The Bertz CT molecular complexity index is 759. The molecule has 0 unspecified atom stereocenters. The summed E-state index contributed by atoms with van der Waals surface area (Å²) >= 11 is 13.8. The number of nitrogens with one attached hydrogen (secondary N) is 1. The predicted octanol–water partition coefficient (Wildman–Crippen LogP) is 4.49. The smallest absolute Gasteiger partial charge is 0.173 e. The Labute approximate surface area is 129 Å². The largest absolute Gasteiger partial charge is 0.370 e. The first-order valence-electron chi connectivity index (χ1n) is 5.98. The van der Waals surface area contributed by atoms with Crippen molar-refractivity contribution in [2.45, 2.75) is 6.92 Å². The molecule has 0 saturated heterocycles. The molecule has 1 N–H and O–H groups in total. The zero-order chi connectivity index (χ0) is 14.1. The molecule has 102 valence electrons. The number of fused-ring (bicyclic) bond motifs is 1. The lowest BCUT2D eigenvalue weighted by Crippen LogP contribution is -2.03. The molecule has 4 nitrogen and oxygen atoms in total. The van der Waals surface area contributed by atoms with Gasteiger partial charge in [-0.3, -0.25) is 4.98 Å². The second-order valence-corrected chi connectivity index (χ2v) is 5.81. The molecular formula is C13H10Cl2N4S. The van der Waals surface area contributed by atoms with Gasteiger partial charge in [-0.05, 0) is 19.1 Å². The van der Waals surface area contributed by atoms with Crippen molar-refractivity contribution in [2.24, 2.45) is 0 Å². The zero-order valence-electron chi connectivity index (χ0n) is 10.5. The van der Waals surface area contributed by atoms with Crippen molar-refractivity contribution < 1.29 is 0 Å². The van der Waals surface area contributed by atoms with Gasteiger partial charge in [-0.15, -0.1) is 11.3 Å². The van der Waals surface area contributed by atoms with Crippen LogP contribution < -0.4 is 5.32 Å². The first-order chi connectivity index (χ1) is 9.69. The highest BCUT2D eigenvalue weighted by atomic mass is 35.5. The number of anilines is 1. The van der Waals surface area contributed by atoms with E-state index in [2.05, 4.69) is 20.3 Å². The van der Waals surface area contributed by atoms with Gasteiger partial charge in [-0.25, -0.2) is 9.97 Å². The van der Waals surface area contributed by atoms with Crippen LogP contribution >= 0.6 is 34.5 Å². The molecule has 0 atom stereocenters. The van der Waals surface area contributed by atoms with Gasteiger partial charge >= 0.3 is 0 Å². The van der Waals surface area contributed by atoms with Gasteiger partial charge in [0, 0.05) is 23.2 Å². The molecule has 2 aromatic heterocycles. The molecule has 0 amide bonds. The predicted molar refractivity (Wildman–Crippen MR) is 84.8 cm³/mol. The van der Waals surface area contributed by atoms with Crippen molar-refractivity contribution in [1.82, 2.24) is 15.0 Å². The first kappa shape index (κ1) is 13.5. The third-order valence-electron chi connectivity index (χ3n) is 2.72. The number of thiazole rings is 1.